The van der Waals surface area contributed by atoms with E-state index in [-0.39, 0.29) is 24.3 Å². The number of ether oxygens (including phenoxy) is 2. The molecule has 0 spiro atoms. The van der Waals surface area contributed by atoms with Crippen molar-refractivity contribution in [2.24, 2.45) is 0 Å². The summed E-state index contributed by atoms with van der Waals surface area (Å²) in [6.07, 6.45) is 25.0. The standard InChI is InChI=1S/C37H68O7/c1-3-4-5-17-22-31(38)32(39)23-18-14-15-20-25-34(41)36-27-26-35(44-36)33(40)24-19-13-11-9-7-6-8-10-12-16-21-30-28-29(2)43-37(30)42/h28-29,31-36,38-41H,3-27H2,1-2H3/t29-,31?,32?,33+,34+,35+,36+/m0/s1. The summed E-state index contributed by atoms with van der Waals surface area (Å²) in [5, 5.41) is 41.6. The summed E-state index contributed by atoms with van der Waals surface area (Å²) in [7, 11) is 0. The molecule has 0 radical (unpaired) electrons. The van der Waals surface area contributed by atoms with Gasteiger partial charge in [-0.3, -0.25) is 0 Å². The van der Waals surface area contributed by atoms with Crippen molar-refractivity contribution in [3.8, 4) is 0 Å². The number of cyclic esters (lactones) is 1. The van der Waals surface area contributed by atoms with Crippen molar-refractivity contribution in [1.29, 1.82) is 0 Å². The molecule has 0 bridgehead atoms. The van der Waals surface area contributed by atoms with Crippen LogP contribution in [-0.4, -0.2) is 69.1 Å². The van der Waals surface area contributed by atoms with Gasteiger partial charge >= 0.3 is 5.97 Å². The molecular formula is C37H68O7. The predicted molar refractivity (Wildman–Crippen MR) is 177 cm³/mol. The Morgan fingerprint density at radius 2 is 1.05 bits per heavy atom. The molecule has 4 N–H and O–H groups in total. The second-order valence-electron chi connectivity index (χ2n) is 13.8. The second-order valence-corrected chi connectivity index (χ2v) is 13.8. The van der Waals surface area contributed by atoms with E-state index in [1.165, 1.54) is 57.8 Å². The number of hydrogen-bond acceptors (Lipinski definition) is 7. The van der Waals surface area contributed by atoms with Crippen molar-refractivity contribution >= 4 is 5.97 Å². The van der Waals surface area contributed by atoms with Gasteiger partial charge in [-0.1, -0.05) is 116 Å². The van der Waals surface area contributed by atoms with Crippen molar-refractivity contribution in [2.45, 2.75) is 217 Å². The fraction of sp³-hybridized carbons (Fsp3) is 0.919. The monoisotopic (exact) mass is 624 g/mol. The lowest BCUT2D eigenvalue weighted by atomic mass is 9.98. The number of carbonyl (C=O) groups excluding carboxylic acids is 1. The molecule has 2 aliphatic rings. The average molecular weight is 625 g/mol. The van der Waals surface area contributed by atoms with Gasteiger partial charge in [-0.2, -0.15) is 0 Å². The van der Waals surface area contributed by atoms with Crippen LogP contribution >= 0.6 is 0 Å². The third-order valence-electron chi connectivity index (χ3n) is 9.68. The van der Waals surface area contributed by atoms with E-state index in [1.807, 2.05) is 13.0 Å². The normalized spacial score (nSPS) is 23.0. The van der Waals surface area contributed by atoms with E-state index in [1.54, 1.807) is 0 Å². The van der Waals surface area contributed by atoms with Gasteiger partial charge < -0.3 is 29.9 Å². The van der Waals surface area contributed by atoms with E-state index < -0.39 is 24.4 Å². The Kier molecular flexibility index (Phi) is 21.6. The topological polar surface area (TPSA) is 116 Å². The average Bonchev–Trinajstić information content (AvgIpc) is 3.63. The summed E-state index contributed by atoms with van der Waals surface area (Å²) >= 11 is 0. The third-order valence-corrected chi connectivity index (χ3v) is 9.68. The number of aliphatic hydroxyl groups excluding tert-OH is 4. The third kappa shape index (κ3) is 17.1. The molecule has 0 saturated carbocycles. The summed E-state index contributed by atoms with van der Waals surface area (Å²) in [5.74, 6) is -0.128. The van der Waals surface area contributed by atoms with E-state index in [4.69, 9.17) is 9.47 Å². The van der Waals surface area contributed by atoms with Crippen molar-refractivity contribution in [3.05, 3.63) is 11.6 Å². The van der Waals surface area contributed by atoms with E-state index in [0.717, 1.165) is 89.0 Å². The van der Waals surface area contributed by atoms with Gasteiger partial charge in [0.1, 0.15) is 6.10 Å². The number of rotatable bonds is 28. The Labute approximate surface area is 269 Å². The Hall–Kier alpha value is -0.990. The highest BCUT2D eigenvalue weighted by atomic mass is 16.5. The first kappa shape index (κ1) is 39.2. The number of hydrogen-bond donors (Lipinski definition) is 4. The van der Waals surface area contributed by atoms with Gasteiger partial charge in [0.15, 0.2) is 0 Å². The van der Waals surface area contributed by atoms with Gasteiger partial charge in [0.05, 0.1) is 36.6 Å². The summed E-state index contributed by atoms with van der Waals surface area (Å²) in [5.41, 5.74) is 0.858. The molecule has 2 aliphatic heterocycles. The molecule has 7 nitrogen and oxygen atoms in total. The van der Waals surface area contributed by atoms with Crippen molar-refractivity contribution in [3.63, 3.8) is 0 Å². The van der Waals surface area contributed by atoms with E-state index in [9.17, 15) is 25.2 Å². The zero-order valence-corrected chi connectivity index (χ0v) is 28.3. The Morgan fingerprint density at radius 3 is 1.48 bits per heavy atom. The molecule has 7 atom stereocenters. The predicted octanol–water partition coefficient (Wildman–Crippen LogP) is 7.84. The molecule has 258 valence electrons. The minimum atomic E-state index is -0.621. The largest absolute Gasteiger partial charge is 0.455 e. The summed E-state index contributed by atoms with van der Waals surface area (Å²) in [6, 6.07) is 0. The molecule has 0 amide bonds. The van der Waals surface area contributed by atoms with E-state index >= 15 is 0 Å². The molecule has 7 heteroatoms. The highest BCUT2D eigenvalue weighted by Gasteiger charge is 2.34. The Bertz CT molecular complexity index is 756. The maximum Gasteiger partial charge on any atom is 0.334 e. The summed E-state index contributed by atoms with van der Waals surface area (Å²) in [4.78, 5) is 11.6. The highest BCUT2D eigenvalue weighted by Crippen LogP contribution is 2.28. The first-order valence-corrected chi connectivity index (χ1v) is 18.6. The van der Waals surface area contributed by atoms with Crippen LogP contribution in [0.15, 0.2) is 11.6 Å². The van der Waals surface area contributed by atoms with Crippen LogP contribution in [-0.2, 0) is 14.3 Å². The number of esters is 1. The zero-order chi connectivity index (χ0) is 32.0. The minimum Gasteiger partial charge on any atom is -0.455 e. The molecule has 2 rings (SSSR count). The minimum absolute atomic E-state index is 0.0556. The van der Waals surface area contributed by atoms with Gasteiger partial charge in [0.2, 0.25) is 0 Å². The molecule has 44 heavy (non-hydrogen) atoms. The van der Waals surface area contributed by atoms with E-state index in [2.05, 4.69) is 6.92 Å². The molecule has 1 fully saturated rings. The number of unbranched alkanes of at least 4 members (excludes halogenated alkanes) is 15. The van der Waals surface area contributed by atoms with Crippen LogP contribution in [0.4, 0.5) is 0 Å². The Morgan fingerprint density at radius 1 is 0.636 bits per heavy atom. The lowest BCUT2D eigenvalue weighted by molar-refractivity contribution is -0.139. The molecule has 1 saturated heterocycles. The molecule has 0 aromatic rings. The first-order chi connectivity index (χ1) is 21.3. The molecule has 0 aliphatic carbocycles. The first-order valence-electron chi connectivity index (χ1n) is 18.6. The van der Waals surface area contributed by atoms with Gasteiger partial charge in [-0.15, -0.1) is 0 Å². The van der Waals surface area contributed by atoms with E-state index in [0.29, 0.717) is 19.3 Å². The maximum atomic E-state index is 11.6. The number of carbonyl (C=O) groups is 1. The van der Waals surface area contributed by atoms with Gasteiger partial charge in [-0.25, -0.2) is 4.79 Å². The second kappa shape index (κ2) is 24.2. The van der Waals surface area contributed by atoms with Crippen LogP contribution in [0.5, 0.6) is 0 Å². The van der Waals surface area contributed by atoms with Crippen LogP contribution < -0.4 is 0 Å². The zero-order valence-electron chi connectivity index (χ0n) is 28.3. The smallest absolute Gasteiger partial charge is 0.334 e. The fourth-order valence-electron chi connectivity index (χ4n) is 6.75. The maximum absolute atomic E-state index is 11.6. The van der Waals surface area contributed by atoms with Crippen LogP contribution in [0.2, 0.25) is 0 Å². The van der Waals surface area contributed by atoms with Crippen LogP contribution in [0.3, 0.4) is 0 Å². The van der Waals surface area contributed by atoms with Crippen LogP contribution in [0, 0.1) is 0 Å². The molecule has 0 aromatic heterocycles. The van der Waals surface area contributed by atoms with Crippen molar-refractivity contribution in [1.82, 2.24) is 0 Å². The van der Waals surface area contributed by atoms with Gasteiger partial charge in [0, 0.05) is 5.57 Å². The van der Waals surface area contributed by atoms with Crippen molar-refractivity contribution in [2.75, 3.05) is 0 Å². The van der Waals surface area contributed by atoms with Crippen LogP contribution in [0.25, 0.3) is 0 Å². The molecule has 2 heterocycles. The molecular weight excluding hydrogens is 556 g/mol. The van der Waals surface area contributed by atoms with Crippen molar-refractivity contribution < 1.29 is 34.7 Å². The SMILES string of the molecule is CCCCCCC(O)C(O)CCCCCC[C@@H](O)[C@H]1CC[C@H]([C@H](O)CCCCCCCCCCCCC2=C[C@H](C)OC2=O)O1. The lowest BCUT2D eigenvalue weighted by Gasteiger charge is -2.22. The number of aliphatic hydroxyl groups is 4. The molecule has 0 aromatic carbocycles. The van der Waals surface area contributed by atoms with Crippen LogP contribution in [0.1, 0.15) is 174 Å². The lowest BCUT2D eigenvalue weighted by Crippen LogP contribution is -2.31. The van der Waals surface area contributed by atoms with Gasteiger partial charge in [-0.05, 0) is 64.4 Å². The quantitative estimate of drug-likeness (QED) is 0.0518. The molecule has 2 unspecified atom stereocenters. The van der Waals surface area contributed by atoms with Gasteiger partial charge in [0.25, 0.3) is 0 Å². The highest BCUT2D eigenvalue weighted by molar-refractivity contribution is 5.90. The summed E-state index contributed by atoms with van der Waals surface area (Å²) in [6.45, 7) is 4.08. The summed E-state index contributed by atoms with van der Waals surface area (Å²) < 4.78 is 11.2. The fourth-order valence-corrected chi connectivity index (χ4v) is 6.75. The Balaban J connectivity index is 1.37.